The minimum atomic E-state index is 0.0442. The lowest BCUT2D eigenvalue weighted by Crippen LogP contribution is -2.51. The Balaban J connectivity index is 1.70. The fourth-order valence-corrected chi connectivity index (χ4v) is 2.60. The summed E-state index contributed by atoms with van der Waals surface area (Å²) in [6, 6.07) is 7.80. The lowest BCUT2D eigenvalue weighted by atomic mass is 10.1. The van der Waals surface area contributed by atoms with Crippen LogP contribution >= 0.6 is 11.6 Å². The number of likely N-dealkylation sites (N-methyl/N-ethyl adjacent to an activating group) is 1. The van der Waals surface area contributed by atoms with Crippen molar-refractivity contribution in [3.63, 3.8) is 0 Å². The third-order valence-corrected chi connectivity index (χ3v) is 3.92. The summed E-state index contributed by atoms with van der Waals surface area (Å²) in [6.07, 6.45) is 0.807. The second-order valence-electron chi connectivity index (χ2n) is 5.03. The molecule has 20 heavy (non-hydrogen) atoms. The summed E-state index contributed by atoms with van der Waals surface area (Å²) in [4.78, 5) is 16.3. The summed E-state index contributed by atoms with van der Waals surface area (Å²) in [7, 11) is 0. The number of nitrogens with one attached hydrogen (secondary N) is 1. The Hall–Kier alpha value is -1.26. The molecule has 1 aliphatic heterocycles. The molecule has 1 heterocycles. The molecule has 1 N–H and O–H groups in total. The Kier molecular flexibility index (Phi) is 5.68. The van der Waals surface area contributed by atoms with Crippen molar-refractivity contribution < 1.29 is 4.79 Å². The van der Waals surface area contributed by atoms with E-state index in [9.17, 15) is 4.79 Å². The van der Waals surface area contributed by atoms with Crippen molar-refractivity contribution in [1.82, 2.24) is 15.1 Å². The summed E-state index contributed by atoms with van der Waals surface area (Å²) in [6.45, 7) is 7.43. The number of carbonyl (C=O) groups is 1. The van der Waals surface area contributed by atoms with Crippen molar-refractivity contribution in [2.24, 2.45) is 0 Å². The zero-order chi connectivity index (χ0) is 14.4. The van der Waals surface area contributed by atoms with E-state index >= 15 is 0 Å². The van der Waals surface area contributed by atoms with E-state index in [0.717, 1.165) is 49.7 Å². The Morgan fingerprint density at radius 2 is 2.05 bits per heavy atom. The van der Waals surface area contributed by atoms with Gasteiger partial charge < -0.3 is 15.1 Å². The van der Waals surface area contributed by atoms with Gasteiger partial charge in [0, 0.05) is 37.7 Å². The first-order chi connectivity index (χ1) is 9.69. The number of urea groups is 1. The summed E-state index contributed by atoms with van der Waals surface area (Å²) in [5.41, 5.74) is 1.15. The molecule has 1 aromatic carbocycles. The topological polar surface area (TPSA) is 35.6 Å². The number of carbonyl (C=O) groups excluding carboxylic acids is 1. The standard InChI is InChI=1S/C15H22ClN3O/c1-2-18-8-10-19(11-9-18)15(20)17-7-6-13-4-3-5-14(16)12-13/h3-5,12H,2,6-11H2,1H3,(H,17,20). The highest BCUT2D eigenvalue weighted by Gasteiger charge is 2.19. The van der Waals surface area contributed by atoms with E-state index in [-0.39, 0.29) is 6.03 Å². The first kappa shape index (κ1) is 15.1. The molecule has 0 aromatic heterocycles. The Morgan fingerprint density at radius 3 is 2.70 bits per heavy atom. The molecular formula is C15H22ClN3O. The summed E-state index contributed by atoms with van der Waals surface area (Å²) >= 11 is 5.94. The van der Waals surface area contributed by atoms with Gasteiger partial charge in [0.25, 0.3) is 0 Å². The van der Waals surface area contributed by atoms with Crippen molar-refractivity contribution in [2.75, 3.05) is 39.3 Å². The molecule has 110 valence electrons. The fraction of sp³-hybridized carbons (Fsp3) is 0.533. The van der Waals surface area contributed by atoms with Crippen LogP contribution in [0.2, 0.25) is 5.02 Å². The van der Waals surface area contributed by atoms with Gasteiger partial charge in [-0.1, -0.05) is 30.7 Å². The molecule has 1 saturated heterocycles. The number of piperazine rings is 1. The highest BCUT2D eigenvalue weighted by molar-refractivity contribution is 6.30. The van der Waals surface area contributed by atoms with Crippen molar-refractivity contribution in [2.45, 2.75) is 13.3 Å². The van der Waals surface area contributed by atoms with Gasteiger partial charge in [-0.05, 0) is 30.7 Å². The second-order valence-corrected chi connectivity index (χ2v) is 5.47. The monoisotopic (exact) mass is 295 g/mol. The Bertz CT molecular complexity index is 444. The molecule has 0 saturated carbocycles. The van der Waals surface area contributed by atoms with Gasteiger partial charge in [-0.2, -0.15) is 0 Å². The molecule has 0 radical (unpaired) electrons. The molecule has 2 rings (SSSR count). The molecule has 0 atom stereocenters. The van der Waals surface area contributed by atoms with Crippen LogP contribution in [0.1, 0.15) is 12.5 Å². The van der Waals surface area contributed by atoms with E-state index in [2.05, 4.69) is 17.1 Å². The minimum Gasteiger partial charge on any atom is -0.338 e. The lowest BCUT2D eigenvalue weighted by Gasteiger charge is -2.34. The fourth-order valence-electron chi connectivity index (χ4n) is 2.39. The van der Waals surface area contributed by atoms with Crippen LogP contribution in [-0.2, 0) is 6.42 Å². The number of amides is 2. The third kappa shape index (κ3) is 4.39. The number of hydrogen-bond acceptors (Lipinski definition) is 2. The van der Waals surface area contributed by atoms with Gasteiger partial charge in [-0.25, -0.2) is 4.79 Å². The van der Waals surface area contributed by atoms with E-state index in [0.29, 0.717) is 6.54 Å². The van der Waals surface area contributed by atoms with E-state index < -0.39 is 0 Å². The maximum Gasteiger partial charge on any atom is 0.317 e. The number of benzene rings is 1. The highest BCUT2D eigenvalue weighted by Crippen LogP contribution is 2.10. The third-order valence-electron chi connectivity index (χ3n) is 3.69. The molecule has 1 aliphatic rings. The molecule has 5 heteroatoms. The van der Waals surface area contributed by atoms with Gasteiger partial charge >= 0.3 is 6.03 Å². The van der Waals surface area contributed by atoms with Crippen molar-refractivity contribution in [1.29, 1.82) is 0 Å². The van der Waals surface area contributed by atoms with E-state index in [1.54, 1.807) is 0 Å². The van der Waals surface area contributed by atoms with Crippen molar-refractivity contribution in [3.8, 4) is 0 Å². The maximum absolute atomic E-state index is 12.0. The molecular weight excluding hydrogens is 274 g/mol. The van der Waals surface area contributed by atoms with Crippen molar-refractivity contribution in [3.05, 3.63) is 34.9 Å². The van der Waals surface area contributed by atoms with Gasteiger partial charge in [0.2, 0.25) is 0 Å². The number of halogens is 1. The average molecular weight is 296 g/mol. The molecule has 1 aromatic rings. The van der Waals surface area contributed by atoms with Crippen LogP contribution in [0.15, 0.2) is 24.3 Å². The normalized spacial score (nSPS) is 16.2. The summed E-state index contributed by atoms with van der Waals surface area (Å²) < 4.78 is 0. The first-order valence-corrected chi connectivity index (χ1v) is 7.56. The SMILES string of the molecule is CCN1CCN(C(=O)NCCc2cccc(Cl)c2)CC1. The Morgan fingerprint density at radius 1 is 1.30 bits per heavy atom. The zero-order valence-corrected chi connectivity index (χ0v) is 12.7. The predicted octanol–water partition coefficient (Wildman–Crippen LogP) is 2.23. The van der Waals surface area contributed by atoms with Crippen LogP contribution in [0.5, 0.6) is 0 Å². The van der Waals surface area contributed by atoms with E-state index in [1.807, 2.05) is 29.2 Å². The van der Waals surface area contributed by atoms with Crippen LogP contribution in [0.4, 0.5) is 4.79 Å². The number of rotatable bonds is 4. The molecule has 0 unspecified atom stereocenters. The Labute approximate surface area is 125 Å². The van der Waals surface area contributed by atoms with E-state index in [4.69, 9.17) is 11.6 Å². The van der Waals surface area contributed by atoms with Crippen LogP contribution in [0, 0.1) is 0 Å². The number of nitrogens with zero attached hydrogens (tertiary/aromatic N) is 2. The van der Waals surface area contributed by atoms with Gasteiger partial charge in [0.05, 0.1) is 0 Å². The van der Waals surface area contributed by atoms with Crippen LogP contribution in [0.25, 0.3) is 0 Å². The zero-order valence-electron chi connectivity index (χ0n) is 11.9. The average Bonchev–Trinajstić information content (AvgIpc) is 2.47. The summed E-state index contributed by atoms with van der Waals surface area (Å²) in [5.74, 6) is 0. The molecule has 0 bridgehead atoms. The van der Waals surface area contributed by atoms with Crippen LogP contribution in [-0.4, -0.2) is 55.1 Å². The summed E-state index contributed by atoms with van der Waals surface area (Å²) in [5, 5.41) is 3.72. The lowest BCUT2D eigenvalue weighted by molar-refractivity contribution is 0.143. The van der Waals surface area contributed by atoms with E-state index in [1.165, 1.54) is 0 Å². The van der Waals surface area contributed by atoms with Crippen LogP contribution < -0.4 is 5.32 Å². The second kappa shape index (κ2) is 7.50. The highest BCUT2D eigenvalue weighted by atomic mass is 35.5. The molecule has 2 amide bonds. The van der Waals surface area contributed by atoms with Gasteiger partial charge in [-0.15, -0.1) is 0 Å². The first-order valence-electron chi connectivity index (χ1n) is 7.18. The smallest absolute Gasteiger partial charge is 0.317 e. The van der Waals surface area contributed by atoms with Gasteiger partial charge in [0.1, 0.15) is 0 Å². The van der Waals surface area contributed by atoms with Gasteiger partial charge in [0.15, 0.2) is 0 Å². The van der Waals surface area contributed by atoms with Crippen molar-refractivity contribution >= 4 is 17.6 Å². The van der Waals surface area contributed by atoms with Gasteiger partial charge in [-0.3, -0.25) is 0 Å². The quantitative estimate of drug-likeness (QED) is 0.924. The molecule has 4 nitrogen and oxygen atoms in total. The number of hydrogen-bond donors (Lipinski definition) is 1. The molecule has 0 spiro atoms. The minimum absolute atomic E-state index is 0.0442. The molecule has 0 aliphatic carbocycles. The largest absolute Gasteiger partial charge is 0.338 e. The predicted molar refractivity (Wildman–Crippen MR) is 82.2 cm³/mol. The molecule has 1 fully saturated rings. The maximum atomic E-state index is 12.0. The van der Waals surface area contributed by atoms with Crippen LogP contribution in [0.3, 0.4) is 0 Å².